The molecular formula is C13H29N3OSi. The van der Waals surface area contributed by atoms with Crippen molar-refractivity contribution in [3.05, 3.63) is 12.2 Å². The Labute approximate surface area is 113 Å². The molecule has 0 aliphatic heterocycles. The van der Waals surface area contributed by atoms with Gasteiger partial charge in [-0.3, -0.25) is 5.41 Å². The minimum absolute atomic E-state index is 0.387. The van der Waals surface area contributed by atoms with Crippen molar-refractivity contribution in [2.75, 3.05) is 26.9 Å². The summed E-state index contributed by atoms with van der Waals surface area (Å²) in [6.45, 7) is 14.9. The summed E-state index contributed by atoms with van der Waals surface area (Å²) in [4.78, 5) is 1.77. The van der Waals surface area contributed by atoms with Gasteiger partial charge in [-0.05, 0) is 12.5 Å². The van der Waals surface area contributed by atoms with Crippen LogP contribution in [0.25, 0.3) is 0 Å². The monoisotopic (exact) mass is 271 g/mol. The first-order chi connectivity index (χ1) is 8.26. The second-order valence-electron chi connectivity index (χ2n) is 5.85. The quantitative estimate of drug-likeness (QED) is 0.178. The van der Waals surface area contributed by atoms with Crippen molar-refractivity contribution in [2.24, 2.45) is 0 Å². The third kappa shape index (κ3) is 9.24. The first-order valence-corrected chi connectivity index (χ1v) is 10.2. The molecule has 106 valence electrons. The summed E-state index contributed by atoms with van der Waals surface area (Å²) in [5, 5.41) is 10.9. The standard InChI is InChI=1S/C13H29N3OSi/c1-7-12(2)10-15-13(14)16(3)11-17-8-9-18(4,5)6/h2,7-11H2,1,3-6H3,(H2,14,15). The number of rotatable bonds is 8. The maximum atomic E-state index is 7.82. The molecule has 0 saturated carbocycles. The molecule has 18 heavy (non-hydrogen) atoms. The predicted molar refractivity (Wildman–Crippen MR) is 81.9 cm³/mol. The van der Waals surface area contributed by atoms with Gasteiger partial charge in [0.25, 0.3) is 0 Å². The molecule has 0 aliphatic carbocycles. The lowest BCUT2D eigenvalue weighted by molar-refractivity contribution is 0.0829. The molecule has 0 heterocycles. The van der Waals surface area contributed by atoms with Crippen molar-refractivity contribution < 1.29 is 4.74 Å². The number of ether oxygens (including phenoxy) is 1. The van der Waals surface area contributed by atoms with E-state index in [1.165, 1.54) is 0 Å². The van der Waals surface area contributed by atoms with Gasteiger partial charge in [-0.25, -0.2) is 0 Å². The van der Waals surface area contributed by atoms with E-state index < -0.39 is 8.07 Å². The summed E-state index contributed by atoms with van der Waals surface area (Å²) in [5.41, 5.74) is 1.10. The highest BCUT2D eigenvalue weighted by atomic mass is 28.3. The average Bonchev–Trinajstić information content (AvgIpc) is 2.29. The molecule has 2 N–H and O–H groups in total. The molecule has 0 atom stereocenters. The zero-order chi connectivity index (χ0) is 14.2. The zero-order valence-electron chi connectivity index (χ0n) is 12.6. The lowest BCUT2D eigenvalue weighted by Crippen LogP contribution is -2.40. The van der Waals surface area contributed by atoms with Crippen LogP contribution in [0, 0.1) is 5.41 Å². The molecule has 0 radical (unpaired) electrons. The first-order valence-electron chi connectivity index (χ1n) is 6.54. The van der Waals surface area contributed by atoms with Crippen molar-refractivity contribution in [3.63, 3.8) is 0 Å². The van der Waals surface area contributed by atoms with Gasteiger partial charge in [-0.2, -0.15) is 0 Å². The molecule has 0 amide bonds. The molecular weight excluding hydrogens is 242 g/mol. The molecule has 0 saturated heterocycles. The maximum absolute atomic E-state index is 7.82. The molecule has 0 fully saturated rings. The van der Waals surface area contributed by atoms with E-state index in [-0.39, 0.29) is 0 Å². The second kappa shape index (κ2) is 8.32. The van der Waals surface area contributed by atoms with Gasteiger partial charge in [0.1, 0.15) is 6.73 Å². The van der Waals surface area contributed by atoms with Gasteiger partial charge >= 0.3 is 0 Å². The minimum Gasteiger partial charge on any atom is -0.361 e. The molecule has 0 aromatic carbocycles. The Bertz CT molecular complexity index is 274. The largest absolute Gasteiger partial charge is 0.361 e. The van der Waals surface area contributed by atoms with Crippen LogP contribution in [0.3, 0.4) is 0 Å². The van der Waals surface area contributed by atoms with E-state index in [1.54, 1.807) is 4.90 Å². The fraction of sp³-hybridized carbons (Fsp3) is 0.769. The van der Waals surface area contributed by atoms with Gasteiger partial charge in [0.15, 0.2) is 5.96 Å². The maximum Gasteiger partial charge on any atom is 0.192 e. The van der Waals surface area contributed by atoms with Crippen LogP contribution in [-0.4, -0.2) is 45.9 Å². The first kappa shape index (κ1) is 17.2. The number of nitrogens with zero attached hydrogens (tertiary/aromatic N) is 1. The molecule has 0 spiro atoms. The van der Waals surface area contributed by atoms with Crippen molar-refractivity contribution >= 4 is 14.0 Å². The molecule has 0 aromatic heterocycles. The molecule has 0 rings (SSSR count). The van der Waals surface area contributed by atoms with Crippen molar-refractivity contribution in [3.8, 4) is 0 Å². The van der Waals surface area contributed by atoms with Crippen LogP contribution >= 0.6 is 0 Å². The van der Waals surface area contributed by atoms with E-state index in [0.29, 0.717) is 19.2 Å². The van der Waals surface area contributed by atoms with E-state index in [4.69, 9.17) is 10.1 Å². The Morgan fingerprint density at radius 2 is 2.00 bits per heavy atom. The van der Waals surface area contributed by atoms with Crippen LogP contribution in [0.5, 0.6) is 0 Å². The van der Waals surface area contributed by atoms with E-state index in [0.717, 1.165) is 24.6 Å². The Balaban J connectivity index is 3.71. The highest BCUT2D eigenvalue weighted by molar-refractivity contribution is 6.76. The third-order valence-corrected chi connectivity index (χ3v) is 4.37. The summed E-state index contributed by atoms with van der Waals surface area (Å²) in [7, 11) is 0.844. The molecule has 0 aliphatic rings. The smallest absolute Gasteiger partial charge is 0.192 e. The summed E-state index contributed by atoms with van der Waals surface area (Å²) in [6.07, 6.45) is 0.941. The molecule has 4 nitrogen and oxygen atoms in total. The van der Waals surface area contributed by atoms with Crippen LogP contribution in [-0.2, 0) is 4.74 Å². The van der Waals surface area contributed by atoms with Crippen molar-refractivity contribution in [2.45, 2.75) is 39.0 Å². The summed E-state index contributed by atoms with van der Waals surface area (Å²) < 4.78 is 5.58. The Morgan fingerprint density at radius 1 is 1.39 bits per heavy atom. The van der Waals surface area contributed by atoms with Crippen molar-refractivity contribution in [1.82, 2.24) is 10.2 Å². The number of nitrogens with one attached hydrogen (secondary N) is 2. The Kier molecular flexibility index (Phi) is 7.94. The topological polar surface area (TPSA) is 48.4 Å². The average molecular weight is 271 g/mol. The SMILES string of the molecule is C=C(CC)CNC(=N)N(C)COCC[Si](C)(C)C. The molecule has 0 bridgehead atoms. The number of guanidine groups is 1. The van der Waals surface area contributed by atoms with Crippen LogP contribution in [0.15, 0.2) is 12.2 Å². The van der Waals surface area contributed by atoms with E-state index >= 15 is 0 Å². The van der Waals surface area contributed by atoms with E-state index in [2.05, 4.69) is 38.5 Å². The van der Waals surface area contributed by atoms with Gasteiger partial charge in [0, 0.05) is 28.3 Å². The van der Waals surface area contributed by atoms with E-state index in [1.807, 2.05) is 7.05 Å². The van der Waals surface area contributed by atoms with E-state index in [9.17, 15) is 0 Å². The van der Waals surface area contributed by atoms with Crippen molar-refractivity contribution in [1.29, 1.82) is 5.41 Å². The summed E-state index contributed by atoms with van der Waals surface area (Å²) in [6, 6.07) is 1.16. The highest BCUT2D eigenvalue weighted by Crippen LogP contribution is 2.07. The lowest BCUT2D eigenvalue weighted by atomic mass is 10.2. The second-order valence-corrected chi connectivity index (χ2v) is 11.5. The molecule has 0 aromatic rings. The molecule has 5 heteroatoms. The highest BCUT2D eigenvalue weighted by Gasteiger charge is 2.12. The van der Waals surface area contributed by atoms with Crippen LogP contribution < -0.4 is 5.32 Å². The summed E-state index contributed by atoms with van der Waals surface area (Å²) in [5.74, 6) is 0.387. The van der Waals surface area contributed by atoms with Gasteiger partial charge < -0.3 is 15.0 Å². The molecule has 0 unspecified atom stereocenters. The van der Waals surface area contributed by atoms with Gasteiger partial charge in [-0.1, -0.05) is 38.7 Å². The normalized spacial score (nSPS) is 11.2. The zero-order valence-corrected chi connectivity index (χ0v) is 13.6. The predicted octanol–water partition coefficient (Wildman–Crippen LogP) is 2.72. The number of hydrogen-bond donors (Lipinski definition) is 2. The third-order valence-electron chi connectivity index (χ3n) is 2.67. The van der Waals surface area contributed by atoms with Gasteiger partial charge in [0.2, 0.25) is 0 Å². The van der Waals surface area contributed by atoms with Gasteiger partial charge in [-0.15, -0.1) is 0 Å². The lowest BCUT2D eigenvalue weighted by Gasteiger charge is -2.22. The minimum atomic E-state index is -1.02. The Hall–Kier alpha value is -0.813. The van der Waals surface area contributed by atoms with Crippen LogP contribution in [0.4, 0.5) is 0 Å². The summed E-state index contributed by atoms with van der Waals surface area (Å²) >= 11 is 0. The fourth-order valence-corrected chi connectivity index (χ4v) is 1.87. The van der Waals surface area contributed by atoms with Crippen LogP contribution in [0.2, 0.25) is 25.7 Å². The van der Waals surface area contributed by atoms with Gasteiger partial charge in [0.05, 0.1) is 0 Å². The Morgan fingerprint density at radius 3 is 2.50 bits per heavy atom. The fourth-order valence-electron chi connectivity index (χ4n) is 1.11. The van der Waals surface area contributed by atoms with Crippen LogP contribution in [0.1, 0.15) is 13.3 Å². The number of hydrogen-bond acceptors (Lipinski definition) is 2.